The van der Waals surface area contributed by atoms with Crippen LogP contribution in [0.25, 0.3) is 0 Å². The normalized spacial score (nSPS) is 11.1. The summed E-state index contributed by atoms with van der Waals surface area (Å²) in [6.45, 7) is 2.08. The zero-order valence-corrected chi connectivity index (χ0v) is 14.5. The van der Waals surface area contributed by atoms with Gasteiger partial charge in [-0.15, -0.1) is 0 Å². The molecule has 1 aromatic carbocycles. The molecule has 0 saturated heterocycles. The standard InChI is InChI=1S/C17H20N2O6/c1-5-25-14-11(10-12(22-2)15(23-3)16(14)24-4)17(20)18-13-8-6-7-9-19(13)21/h6-10,21H,5H2,1-4H3. The molecule has 25 heavy (non-hydrogen) atoms. The summed E-state index contributed by atoms with van der Waals surface area (Å²) in [5, 5.41) is 9.73. The average Bonchev–Trinajstić information content (AvgIpc) is 2.62. The number of hydrogen-bond acceptors (Lipinski definition) is 6. The highest BCUT2D eigenvalue weighted by Gasteiger charge is 2.25. The zero-order chi connectivity index (χ0) is 18.4. The third-order valence-corrected chi connectivity index (χ3v) is 3.34. The highest BCUT2D eigenvalue weighted by atomic mass is 16.5. The van der Waals surface area contributed by atoms with E-state index in [1.807, 2.05) is 0 Å². The van der Waals surface area contributed by atoms with E-state index in [0.29, 0.717) is 18.1 Å². The molecule has 8 heteroatoms. The van der Waals surface area contributed by atoms with Crippen molar-refractivity contribution in [2.45, 2.75) is 6.92 Å². The fraction of sp³-hybridized carbons (Fsp3) is 0.294. The Morgan fingerprint density at radius 2 is 1.84 bits per heavy atom. The third-order valence-electron chi connectivity index (χ3n) is 3.34. The minimum atomic E-state index is -0.628. The van der Waals surface area contributed by atoms with Crippen LogP contribution in [-0.2, 0) is 0 Å². The van der Waals surface area contributed by atoms with Crippen LogP contribution in [0, 0.1) is 0 Å². The van der Waals surface area contributed by atoms with Gasteiger partial charge in [0.05, 0.1) is 33.5 Å². The molecule has 2 aromatic rings. The van der Waals surface area contributed by atoms with Crippen molar-refractivity contribution in [3.63, 3.8) is 0 Å². The summed E-state index contributed by atoms with van der Waals surface area (Å²) in [5.74, 6) is 0.397. The van der Waals surface area contributed by atoms with Crippen LogP contribution >= 0.6 is 0 Å². The van der Waals surface area contributed by atoms with Crippen LogP contribution in [0.4, 0.5) is 0 Å². The molecule has 2 rings (SSSR count). The van der Waals surface area contributed by atoms with Gasteiger partial charge < -0.3 is 24.2 Å². The highest BCUT2D eigenvalue weighted by molar-refractivity contribution is 5.99. The largest absolute Gasteiger partial charge is 0.493 e. The minimum Gasteiger partial charge on any atom is -0.493 e. The van der Waals surface area contributed by atoms with Crippen LogP contribution in [0.5, 0.6) is 23.0 Å². The molecule has 0 aliphatic heterocycles. The number of rotatable bonds is 6. The summed E-state index contributed by atoms with van der Waals surface area (Å²) in [7, 11) is 4.34. The van der Waals surface area contributed by atoms with Gasteiger partial charge in [-0.1, -0.05) is 6.07 Å². The molecule has 0 aliphatic carbocycles. The lowest BCUT2D eigenvalue weighted by molar-refractivity contribution is 0.0983. The molecule has 0 spiro atoms. The van der Waals surface area contributed by atoms with E-state index in [1.54, 1.807) is 19.1 Å². The molecule has 8 nitrogen and oxygen atoms in total. The van der Waals surface area contributed by atoms with Crippen LogP contribution < -0.4 is 24.4 Å². The first-order valence-corrected chi connectivity index (χ1v) is 7.49. The summed E-state index contributed by atoms with van der Waals surface area (Å²) < 4.78 is 22.2. The zero-order valence-electron chi connectivity index (χ0n) is 14.5. The number of methoxy groups -OCH3 is 3. The smallest absolute Gasteiger partial charge is 0.283 e. The second kappa shape index (κ2) is 8.09. The Kier molecular flexibility index (Phi) is 5.89. The SMILES string of the molecule is CCOc1c(C(=O)N=c2ccccn2O)cc(OC)c(OC)c1OC. The Bertz CT molecular complexity index is 828. The topological polar surface area (TPSA) is 91.5 Å². The van der Waals surface area contributed by atoms with Crippen LogP contribution in [0.2, 0.25) is 0 Å². The highest BCUT2D eigenvalue weighted by Crippen LogP contribution is 2.46. The van der Waals surface area contributed by atoms with E-state index in [9.17, 15) is 10.0 Å². The van der Waals surface area contributed by atoms with E-state index >= 15 is 0 Å². The molecule has 134 valence electrons. The summed E-state index contributed by atoms with van der Waals surface area (Å²) in [6, 6.07) is 6.21. The van der Waals surface area contributed by atoms with Gasteiger partial charge in [0.25, 0.3) is 5.91 Å². The van der Waals surface area contributed by atoms with Gasteiger partial charge in [-0.05, 0) is 19.1 Å². The van der Waals surface area contributed by atoms with Crippen LogP contribution in [0.15, 0.2) is 35.5 Å². The first kappa shape index (κ1) is 18.2. The monoisotopic (exact) mass is 348 g/mol. The number of benzene rings is 1. The lowest BCUT2D eigenvalue weighted by atomic mass is 10.1. The Balaban J connectivity index is 2.69. The number of amides is 1. The summed E-state index contributed by atoms with van der Waals surface area (Å²) >= 11 is 0. The molecule has 0 radical (unpaired) electrons. The van der Waals surface area contributed by atoms with E-state index in [0.717, 1.165) is 4.73 Å². The Morgan fingerprint density at radius 3 is 2.40 bits per heavy atom. The molecule has 0 aliphatic rings. The molecular formula is C17H20N2O6. The number of aromatic nitrogens is 1. The van der Waals surface area contributed by atoms with E-state index in [-0.39, 0.29) is 22.6 Å². The number of hydrogen-bond donors (Lipinski definition) is 1. The first-order chi connectivity index (χ1) is 12.1. The first-order valence-electron chi connectivity index (χ1n) is 7.49. The van der Waals surface area contributed by atoms with Crippen molar-refractivity contribution in [3.05, 3.63) is 41.5 Å². The van der Waals surface area contributed by atoms with Gasteiger partial charge in [0, 0.05) is 12.3 Å². The molecule has 0 atom stereocenters. The third kappa shape index (κ3) is 3.68. The van der Waals surface area contributed by atoms with Crippen molar-refractivity contribution in [2.75, 3.05) is 27.9 Å². The summed E-state index contributed by atoms with van der Waals surface area (Å²) in [5.41, 5.74) is 0.198. The van der Waals surface area contributed by atoms with Crippen molar-refractivity contribution in [3.8, 4) is 23.0 Å². The van der Waals surface area contributed by atoms with Crippen LogP contribution in [0.3, 0.4) is 0 Å². The van der Waals surface area contributed by atoms with Crippen molar-refractivity contribution >= 4 is 5.91 Å². The molecule has 0 unspecified atom stereocenters. The lowest BCUT2D eigenvalue weighted by Gasteiger charge is -2.18. The van der Waals surface area contributed by atoms with E-state index in [1.165, 1.54) is 39.7 Å². The predicted octanol–water partition coefficient (Wildman–Crippen LogP) is 1.89. The van der Waals surface area contributed by atoms with Gasteiger partial charge >= 0.3 is 0 Å². The molecule has 0 fully saturated rings. The van der Waals surface area contributed by atoms with Gasteiger partial charge in [0.2, 0.25) is 11.5 Å². The van der Waals surface area contributed by atoms with Gasteiger partial charge in [-0.25, -0.2) is 0 Å². The van der Waals surface area contributed by atoms with Crippen molar-refractivity contribution in [2.24, 2.45) is 4.99 Å². The predicted molar refractivity (Wildman–Crippen MR) is 88.8 cm³/mol. The van der Waals surface area contributed by atoms with Gasteiger partial charge in [-0.3, -0.25) is 4.79 Å². The molecule has 1 N–H and O–H groups in total. The fourth-order valence-corrected chi connectivity index (χ4v) is 2.25. The second-order valence-electron chi connectivity index (χ2n) is 4.78. The maximum atomic E-state index is 12.7. The number of carbonyl (C=O) groups excluding carboxylic acids is 1. The van der Waals surface area contributed by atoms with Crippen molar-refractivity contribution < 1.29 is 28.9 Å². The summed E-state index contributed by atoms with van der Waals surface area (Å²) in [6.07, 6.45) is 1.37. The van der Waals surface area contributed by atoms with E-state index in [4.69, 9.17) is 18.9 Å². The molecule has 1 heterocycles. The average molecular weight is 348 g/mol. The lowest BCUT2D eigenvalue weighted by Crippen LogP contribution is -2.19. The van der Waals surface area contributed by atoms with Crippen molar-refractivity contribution in [1.29, 1.82) is 0 Å². The molecule has 1 aromatic heterocycles. The Morgan fingerprint density at radius 1 is 1.12 bits per heavy atom. The van der Waals surface area contributed by atoms with Crippen molar-refractivity contribution in [1.82, 2.24) is 4.73 Å². The number of carbonyl (C=O) groups is 1. The van der Waals surface area contributed by atoms with E-state index in [2.05, 4.69) is 4.99 Å². The van der Waals surface area contributed by atoms with Gasteiger partial charge in [0.15, 0.2) is 17.0 Å². The van der Waals surface area contributed by atoms with Gasteiger partial charge in [-0.2, -0.15) is 9.72 Å². The molecule has 0 saturated carbocycles. The summed E-state index contributed by atoms with van der Waals surface area (Å²) in [4.78, 5) is 16.6. The molecule has 1 amide bonds. The number of ether oxygens (including phenoxy) is 4. The maximum Gasteiger partial charge on any atom is 0.283 e. The number of pyridine rings is 1. The fourth-order valence-electron chi connectivity index (χ4n) is 2.25. The number of nitrogens with zero attached hydrogens (tertiary/aromatic N) is 2. The maximum absolute atomic E-state index is 12.7. The van der Waals surface area contributed by atoms with Crippen LogP contribution in [-0.4, -0.2) is 43.8 Å². The molecular weight excluding hydrogens is 328 g/mol. The quantitative estimate of drug-likeness (QED) is 0.802. The van der Waals surface area contributed by atoms with Gasteiger partial charge in [0.1, 0.15) is 0 Å². The van der Waals surface area contributed by atoms with E-state index < -0.39 is 5.91 Å². The molecule has 0 bridgehead atoms. The Labute approximate surface area is 144 Å². The van der Waals surface area contributed by atoms with Crippen LogP contribution in [0.1, 0.15) is 17.3 Å². The second-order valence-corrected chi connectivity index (χ2v) is 4.78. The Hall–Kier alpha value is -3.16. The minimum absolute atomic E-state index is 0.0729.